The van der Waals surface area contributed by atoms with Crippen LogP contribution in [0.4, 0.5) is 5.69 Å². The third-order valence-corrected chi connectivity index (χ3v) is 4.10. The van der Waals surface area contributed by atoms with Crippen molar-refractivity contribution >= 4 is 35.6 Å². The molecule has 0 aliphatic carbocycles. The number of ether oxygens (including phenoxy) is 2. The van der Waals surface area contributed by atoms with Gasteiger partial charge in [-0.3, -0.25) is 9.89 Å². The van der Waals surface area contributed by atoms with Gasteiger partial charge in [-0.25, -0.2) is 0 Å². The van der Waals surface area contributed by atoms with Crippen molar-refractivity contribution in [3.63, 3.8) is 0 Å². The summed E-state index contributed by atoms with van der Waals surface area (Å²) in [5, 5.41) is 10.0. The summed E-state index contributed by atoms with van der Waals surface area (Å²) in [5.74, 6) is 0.829. The SMILES string of the molecule is CN=C(NCCN1CCOCC1)NCc1ccc(NCCOC)cc1.I. The van der Waals surface area contributed by atoms with Gasteiger partial charge in [-0.1, -0.05) is 12.1 Å². The molecule has 0 unspecified atom stereocenters. The Morgan fingerprint density at radius 3 is 2.54 bits per heavy atom. The van der Waals surface area contributed by atoms with E-state index in [0.717, 1.165) is 64.1 Å². The lowest BCUT2D eigenvalue weighted by molar-refractivity contribution is 0.0389. The first-order valence-electron chi connectivity index (χ1n) is 8.88. The van der Waals surface area contributed by atoms with Gasteiger partial charge in [-0.15, -0.1) is 24.0 Å². The molecule has 1 fully saturated rings. The highest BCUT2D eigenvalue weighted by atomic mass is 127. The molecule has 0 radical (unpaired) electrons. The van der Waals surface area contributed by atoms with Crippen LogP contribution in [0, 0.1) is 0 Å². The number of morpholine rings is 1. The molecule has 0 bridgehead atoms. The molecule has 0 saturated carbocycles. The first-order valence-corrected chi connectivity index (χ1v) is 8.88. The van der Waals surface area contributed by atoms with E-state index in [4.69, 9.17) is 9.47 Å². The highest BCUT2D eigenvalue weighted by Gasteiger charge is 2.09. The van der Waals surface area contributed by atoms with E-state index in [9.17, 15) is 0 Å². The lowest BCUT2D eigenvalue weighted by atomic mass is 10.2. The van der Waals surface area contributed by atoms with Gasteiger partial charge in [0.2, 0.25) is 0 Å². The van der Waals surface area contributed by atoms with Crippen LogP contribution in [-0.2, 0) is 16.0 Å². The summed E-state index contributed by atoms with van der Waals surface area (Å²) in [6.07, 6.45) is 0. The van der Waals surface area contributed by atoms with E-state index in [1.54, 1.807) is 14.2 Å². The largest absolute Gasteiger partial charge is 0.383 e. The van der Waals surface area contributed by atoms with Crippen LogP contribution in [0.5, 0.6) is 0 Å². The second kappa shape index (κ2) is 14.0. The number of methoxy groups -OCH3 is 1. The fraction of sp³-hybridized carbons (Fsp3) is 0.611. The highest BCUT2D eigenvalue weighted by molar-refractivity contribution is 14.0. The molecular formula is C18H32IN5O2. The quantitative estimate of drug-likeness (QED) is 0.216. The number of rotatable bonds is 9. The first kappa shape index (κ1) is 22.9. The molecule has 0 aromatic heterocycles. The maximum absolute atomic E-state index is 5.36. The number of nitrogens with one attached hydrogen (secondary N) is 3. The number of hydrogen-bond donors (Lipinski definition) is 3. The number of anilines is 1. The zero-order valence-corrected chi connectivity index (χ0v) is 18.1. The van der Waals surface area contributed by atoms with Crippen LogP contribution < -0.4 is 16.0 Å². The minimum atomic E-state index is 0. The average molecular weight is 477 g/mol. The van der Waals surface area contributed by atoms with E-state index < -0.39 is 0 Å². The van der Waals surface area contributed by atoms with Crippen molar-refractivity contribution in [1.29, 1.82) is 0 Å². The summed E-state index contributed by atoms with van der Waals surface area (Å²) >= 11 is 0. The van der Waals surface area contributed by atoms with Crippen LogP contribution >= 0.6 is 24.0 Å². The van der Waals surface area contributed by atoms with E-state index in [0.29, 0.717) is 6.61 Å². The summed E-state index contributed by atoms with van der Waals surface area (Å²) in [6.45, 7) is 7.84. The summed E-state index contributed by atoms with van der Waals surface area (Å²) in [5.41, 5.74) is 2.32. The zero-order valence-electron chi connectivity index (χ0n) is 15.8. The van der Waals surface area contributed by atoms with Crippen LogP contribution in [0.2, 0.25) is 0 Å². The Balaban J connectivity index is 0.00000338. The van der Waals surface area contributed by atoms with Gasteiger partial charge in [-0.05, 0) is 17.7 Å². The summed E-state index contributed by atoms with van der Waals surface area (Å²) in [4.78, 5) is 6.68. The summed E-state index contributed by atoms with van der Waals surface area (Å²) in [6, 6.07) is 8.40. The Kier molecular flexibility index (Phi) is 12.4. The zero-order chi connectivity index (χ0) is 17.7. The monoisotopic (exact) mass is 477 g/mol. The van der Waals surface area contributed by atoms with Crippen LogP contribution in [-0.4, -0.2) is 77.6 Å². The molecule has 0 atom stereocenters. The van der Waals surface area contributed by atoms with E-state index in [1.165, 1.54) is 5.56 Å². The van der Waals surface area contributed by atoms with Crippen molar-refractivity contribution in [2.24, 2.45) is 4.99 Å². The van der Waals surface area contributed by atoms with Crippen LogP contribution in [0.25, 0.3) is 0 Å². The molecule has 148 valence electrons. The van der Waals surface area contributed by atoms with Gasteiger partial charge in [0.15, 0.2) is 5.96 Å². The average Bonchev–Trinajstić information content (AvgIpc) is 2.66. The highest BCUT2D eigenvalue weighted by Crippen LogP contribution is 2.09. The summed E-state index contributed by atoms with van der Waals surface area (Å²) < 4.78 is 10.4. The number of benzene rings is 1. The van der Waals surface area contributed by atoms with Crippen molar-refractivity contribution in [3.8, 4) is 0 Å². The molecule has 0 amide bonds. The van der Waals surface area contributed by atoms with Gasteiger partial charge < -0.3 is 25.4 Å². The Morgan fingerprint density at radius 2 is 1.88 bits per heavy atom. The molecule has 3 N–H and O–H groups in total. The normalized spacial score (nSPS) is 15.2. The lowest BCUT2D eigenvalue weighted by Crippen LogP contribution is -2.44. The molecule has 1 aliphatic heterocycles. The van der Waals surface area contributed by atoms with E-state index >= 15 is 0 Å². The Bertz CT molecular complexity index is 507. The maximum atomic E-state index is 5.36. The van der Waals surface area contributed by atoms with Gasteiger partial charge in [0.05, 0.1) is 19.8 Å². The number of nitrogens with zero attached hydrogens (tertiary/aromatic N) is 2. The fourth-order valence-corrected chi connectivity index (χ4v) is 2.60. The fourth-order valence-electron chi connectivity index (χ4n) is 2.60. The van der Waals surface area contributed by atoms with Crippen LogP contribution in [0.3, 0.4) is 0 Å². The smallest absolute Gasteiger partial charge is 0.191 e. The molecule has 1 aromatic carbocycles. The molecule has 1 aromatic rings. The molecular weight excluding hydrogens is 445 g/mol. The van der Waals surface area contributed by atoms with Gasteiger partial charge >= 0.3 is 0 Å². The lowest BCUT2D eigenvalue weighted by Gasteiger charge is -2.26. The van der Waals surface area contributed by atoms with Crippen molar-refractivity contribution < 1.29 is 9.47 Å². The molecule has 1 aliphatic rings. The van der Waals surface area contributed by atoms with Crippen LogP contribution in [0.1, 0.15) is 5.56 Å². The molecule has 8 heteroatoms. The van der Waals surface area contributed by atoms with E-state index in [1.807, 2.05) is 0 Å². The third-order valence-electron chi connectivity index (χ3n) is 4.10. The predicted molar refractivity (Wildman–Crippen MR) is 118 cm³/mol. The van der Waals surface area contributed by atoms with Crippen LogP contribution in [0.15, 0.2) is 29.3 Å². The maximum Gasteiger partial charge on any atom is 0.191 e. The Morgan fingerprint density at radius 1 is 1.15 bits per heavy atom. The standard InChI is InChI=1S/C18H31N5O2.HI/c1-19-18(21-7-9-23-10-13-25-14-11-23)22-15-16-3-5-17(6-4-16)20-8-12-24-2;/h3-6,20H,7-15H2,1-2H3,(H2,19,21,22);1H. The summed E-state index contributed by atoms with van der Waals surface area (Å²) in [7, 11) is 3.51. The van der Waals surface area contributed by atoms with Crippen molar-refractivity contribution in [1.82, 2.24) is 15.5 Å². The Hall–Kier alpha value is -1.10. The first-order chi connectivity index (χ1) is 12.3. The van der Waals surface area contributed by atoms with Gasteiger partial charge in [0, 0.05) is 59.1 Å². The minimum Gasteiger partial charge on any atom is -0.383 e. The second-order valence-corrected chi connectivity index (χ2v) is 5.92. The minimum absolute atomic E-state index is 0. The van der Waals surface area contributed by atoms with Crippen molar-refractivity contribution in [2.45, 2.75) is 6.54 Å². The van der Waals surface area contributed by atoms with Crippen molar-refractivity contribution in [3.05, 3.63) is 29.8 Å². The number of guanidine groups is 1. The molecule has 2 rings (SSSR count). The van der Waals surface area contributed by atoms with E-state index in [2.05, 4.69) is 50.1 Å². The molecule has 1 heterocycles. The molecule has 1 saturated heterocycles. The topological polar surface area (TPSA) is 70.2 Å². The predicted octanol–water partition coefficient (Wildman–Crippen LogP) is 1.36. The third kappa shape index (κ3) is 9.02. The second-order valence-electron chi connectivity index (χ2n) is 5.92. The number of aliphatic imine (C=N–C) groups is 1. The molecule has 0 spiro atoms. The molecule has 26 heavy (non-hydrogen) atoms. The van der Waals surface area contributed by atoms with Gasteiger partial charge in [0.25, 0.3) is 0 Å². The Labute approximate surface area is 173 Å². The number of halogens is 1. The van der Waals surface area contributed by atoms with Crippen molar-refractivity contribution in [2.75, 3.05) is 72.0 Å². The van der Waals surface area contributed by atoms with Gasteiger partial charge in [0.1, 0.15) is 0 Å². The van der Waals surface area contributed by atoms with E-state index in [-0.39, 0.29) is 24.0 Å². The molecule has 7 nitrogen and oxygen atoms in total. The number of hydrogen-bond acceptors (Lipinski definition) is 5. The van der Waals surface area contributed by atoms with Gasteiger partial charge in [-0.2, -0.15) is 0 Å².